The molecule has 33 heavy (non-hydrogen) atoms. The lowest BCUT2D eigenvalue weighted by Gasteiger charge is -2.18. The van der Waals surface area contributed by atoms with Gasteiger partial charge in [0.1, 0.15) is 6.61 Å². The van der Waals surface area contributed by atoms with Crippen molar-refractivity contribution in [1.29, 1.82) is 0 Å². The molecule has 10 heteroatoms. The monoisotopic (exact) mass is 458 g/mol. The van der Waals surface area contributed by atoms with Crippen molar-refractivity contribution in [2.45, 2.75) is 13.0 Å². The summed E-state index contributed by atoms with van der Waals surface area (Å²) in [5, 5.41) is 12.0. The summed E-state index contributed by atoms with van der Waals surface area (Å²) in [6.45, 7) is 1.27. The van der Waals surface area contributed by atoms with Crippen LogP contribution < -0.4 is 15.7 Å². The highest BCUT2D eigenvalue weighted by molar-refractivity contribution is 5.95. The molecule has 2 rings (SSSR count). The minimum absolute atomic E-state index is 0.0638. The molecule has 2 aromatic carbocycles. The lowest BCUT2D eigenvalue weighted by Crippen LogP contribution is -2.32. The normalized spacial score (nSPS) is 10.5. The van der Waals surface area contributed by atoms with E-state index in [4.69, 9.17) is 9.94 Å². The Morgan fingerprint density at radius 2 is 1.67 bits per heavy atom. The van der Waals surface area contributed by atoms with Crippen LogP contribution in [0.15, 0.2) is 42.5 Å². The van der Waals surface area contributed by atoms with Gasteiger partial charge in [-0.15, -0.1) is 0 Å². The predicted molar refractivity (Wildman–Crippen MR) is 123 cm³/mol. The van der Waals surface area contributed by atoms with E-state index in [1.165, 1.54) is 24.1 Å². The standard InChI is InChI=1S/C23H30N4O6/c1-26(2)12-11-24-21(28)14-16-5-8-18(9-6-16)27(3)23(30)33-15-17-7-10-20(25-31)19(13-17)22(29)32-4/h5-10,13,25,31H,11-12,14-15H2,1-4H3,(H,24,28). The van der Waals surface area contributed by atoms with Gasteiger partial charge in [-0.2, -0.15) is 0 Å². The number of hydrogen-bond acceptors (Lipinski definition) is 8. The van der Waals surface area contributed by atoms with Crippen molar-refractivity contribution in [2.75, 3.05) is 51.7 Å². The third-order valence-electron chi connectivity index (χ3n) is 4.82. The number of carbonyl (C=O) groups excluding carboxylic acids is 3. The Morgan fingerprint density at radius 1 is 1.00 bits per heavy atom. The van der Waals surface area contributed by atoms with Crippen molar-refractivity contribution >= 4 is 29.3 Å². The lowest BCUT2D eigenvalue weighted by atomic mass is 10.1. The number of hydrogen-bond donors (Lipinski definition) is 3. The molecule has 0 aliphatic heterocycles. The summed E-state index contributed by atoms with van der Waals surface area (Å²) in [7, 11) is 6.69. The number of carbonyl (C=O) groups is 3. The first-order valence-corrected chi connectivity index (χ1v) is 10.3. The molecule has 0 bridgehead atoms. The molecule has 0 unspecified atom stereocenters. The van der Waals surface area contributed by atoms with Crippen LogP contribution in [0.4, 0.5) is 16.2 Å². The zero-order valence-corrected chi connectivity index (χ0v) is 19.3. The minimum atomic E-state index is -0.636. The van der Waals surface area contributed by atoms with Gasteiger partial charge in [-0.1, -0.05) is 18.2 Å². The van der Waals surface area contributed by atoms with Gasteiger partial charge in [0.25, 0.3) is 0 Å². The van der Waals surface area contributed by atoms with Crippen molar-refractivity contribution in [2.24, 2.45) is 0 Å². The largest absolute Gasteiger partial charge is 0.465 e. The Kier molecular flexibility index (Phi) is 9.64. The molecule has 0 aliphatic rings. The van der Waals surface area contributed by atoms with Crippen LogP contribution in [-0.4, -0.2) is 69.4 Å². The van der Waals surface area contributed by atoms with Crippen molar-refractivity contribution < 1.29 is 29.1 Å². The number of benzene rings is 2. The Morgan fingerprint density at radius 3 is 2.27 bits per heavy atom. The Balaban J connectivity index is 1.92. The van der Waals surface area contributed by atoms with Gasteiger partial charge in [0.2, 0.25) is 5.91 Å². The average Bonchev–Trinajstić information content (AvgIpc) is 2.81. The van der Waals surface area contributed by atoms with E-state index in [9.17, 15) is 14.4 Å². The van der Waals surface area contributed by atoms with Crippen LogP contribution in [-0.2, 0) is 27.3 Å². The summed E-state index contributed by atoms with van der Waals surface area (Å²) < 4.78 is 10.0. The maximum atomic E-state index is 12.4. The van der Waals surface area contributed by atoms with E-state index in [0.717, 1.165) is 12.1 Å². The Hall–Kier alpha value is -3.63. The van der Waals surface area contributed by atoms with Gasteiger partial charge in [-0.25, -0.2) is 9.59 Å². The number of rotatable bonds is 10. The molecular weight excluding hydrogens is 428 g/mol. The van der Waals surface area contributed by atoms with Crippen LogP contribution >= 0.6 is 0 Å². The zero-order valence-electron chi connectivity index (χ0n) is 19.3. The highest BCUT2D eigenvalue weighted by atomic mass is 16.6. The quantitative estimate of drug-likeness (QED) is 0.366. The molecule has 10 nitrogen and oxygen atoms in total. The number of ether oxygens (including phenoxy) is 2. The fraction of sp³-hybridized carbons (Fsp3) is 0.348. The van der Waals surface area contributed by atoms with Crippen LogP contribution in [0.25, 0.3) is 0 Å². The summed E-state index contributed by atoms with van der Waals surface area (Å²) in [4.78, 5) is 39.6. The molecule has 2 amide bonds. The summed E-state index contributed by atoms with van der Waals surface area (Å²) in [6.07, 6.45) is -0.337. The molecule has 0 heterocycles. The van der Waals surface area contributed by atoms with Crippen molar-refractivity contribution in [3.63, 3.8) is 0 Å². The number of anilines is 2. The minimum Gasteiger partial charge on any atom is -0.465 e. The number of nitrogens with zero attached hydrogens (tertiary/aromatic N) is 2. The third kappa shape index (κ3) is 7.78. The van der Waals surface area contributed by atoms with E-state index in [1.807, 2.05) is 24.5 Å². The Bertz CT molecular complexity index is 962. The second-order valence-corrected chi connectivity index (χ2v) is 7.59. The van der Waals surface area contributed by atoms with Gasteiger partial charge in [0, 0.05) is 25.8 Å². The molecule has 0 aliphatic carbocycles. The summed E-state index contributed by atoms with van der Waals surface area (Å²) >= 11 is 0. The second-order valence-electron chi connectivity index (χ2n) is 7.59. The van der Waals surface area contributed by atoms with Crippen LogP contribution in [0.1, 0.15) is 21.5 Å². The number of esters is 1. The zero-order chi connectivity index (χ0) is 24.4. The molecule has 0 radical (unpaired) electrons. The van der Waals surface area contributed by atoms with E-state index in [1.54, 1.807) is 37.4 Å². The highest BCUT2D eigenvalue weighted by Crippen LogP contribution is 2.20. The Labute approximate surface area is 193 Å². The van der Waals surface area contributed by atoms with Crippen LogP contribution in [0.3, 0.4) is 0 Å². The third-order valence-corrected chi connectivity index (χ3v) is 4.82. The van der Waals surface area contributed by atoms with Crippen molar-refractivity contribution in [3.05, 3.63) is 59.2 Å². The fourth-order valence-corrected chi connectivity index (χ4v) is 2.91. The molecule has 0 saturated heterocycles. The van der Waals surface area contributed by atoms with Gasteiger partial charge < -0.3 is 19.7 Å². The fourth-order valence-electron chi connectivity index (χ4n) is 2.91. The lowest BCUT2D eigenvalue weighted by molar-refractivity contribution is -0.120. The van der Waals surface area contributed by atoms with E-state index in [2.05, 4.69) is 10.1 Å². The van der Waals surface area contributed by atoms with Crippen molar-refractivity contribution in [1.82, 2.24) is 10.2 Å². The van der Waals surface area contributed by atoms with E-state index < -0.39 is 12.1 Å². The van der Waals surface area contributed by atoms with E-state index >= 15 is 0 Å². The number of likely N-dealkylation sites (N-methyl/N-ethyl adjacent to an activating group) is 1. The maximum absolute atomic E-state index is 12.4. The van der Waals surface area contributed by atoms with E-state index in [-0.39, 0.29) is 30.2 Å². The summed E-state index contributed by atoms with van der Waals surface area (Å²) in [6, 6.07) is 11.6. The first-order valence-electron chi connectivity index (χ1n) is 10.3. The van der Waals surface area contributed by atoms with Crippen LogP contribution in [0, 0.1) is 0 Å². The summed E-state index contributed by atoms with van der Waals surface area (Å²) in [5.41, 5.74) is 4.21. The molecule has 0 atom stereocenters. The average molecular weight is 459 g/mol. The predicted octanol–water partition coefficient (Wildman–Crippen LogP) is 2.27. The van der Waals surface area contributed by atoms with Gasteiger partial charge >= 0.3 is 12.1 Å². The van der Waals surface area contributed by atoms with Gasteiger partial charge in [0.05, 0.1) is 24.8 Å². The molecule has 2 aromatic rings. The number of methoxy groups -OCH3 is 1. The molecular formula is C23H30N4O6. The topological polar surface area (TPSA) is 120 Å². The van der Waals surface area contributed by atoms with Gasteiger partial charge in [-0.05, 0) is 49.5 Å². The van der Waals surface area contributed by atoms with Crippen LogP contribution in [0.5, 0.6) is 0 Å². The van der Waals surface area contributed by atoms with Crippen molar-refractivity contribution in [3.8, 4) is 0 Å². The molecule has 3 N–H and O–H groups in total. The number of amides is 2. The second kappa shape index (κ2) is 12.4. The van der Waals surface area contributed by atoms with E-state index in [0.29, 0.717) is 17.8 Å². The summed E-state index contributed by atoms with van der Waals surface area (Å²) in [5.74, 6) is -0.700. The first-order chi connectivity index (χ1) is 15.7. The molecule has 0 fully saturated rings. The molecule has 178 valence electrons. The smallest absolute Gasteiger partial charge is 0.414 e. The molecule has 0 saturated carbocycles. The molecule has 0 spiro atoms. The SMILES string of the molecule is COC(=O)c1cc(COC(=O)N(C)c2ccc(CC(=O)NCCN(C)C)cc2)ccc1NO. The molecule has 0 aromatic heterocycles. The van der Waals surface area contributed by atoms with Gasteiger partial charge in [0.15, 0.2) is 0 Å². The highest BCUT2D eigenvalue weighted by Gasteiger charge is 2.16. The van der Waals surface area contributed by atoms with Crippen LogP contribution in [0.2, 0.25) is 0 Å². The van der Waals surface area contributed by atoms with Gasteiger partial charge in [-0.3, -0.25) is 20.4 Å². The first kappa shape index (κ1) is 25.6. The number of nitrogens with one attached hydrogen (secondary N) is 2. The maximum Gasteiger partial charge on any atom is 0.414 e.